The maximum atomic E-state index is 11.7. The van der Waals surface area contributed by atoms with Crippen LogP contribution in [0.4, 0.5) is 10.5 Å². The van der Waals surface area contributed by atoms with Gasteiger partial charge in [0.1, 0.15) is 5.75 Å². The summed E-state index contributed by atoms with van der Waals surface area (Å²) in [6.07, 6.45) is 0.749. The number of amides is 3. The minimum atomic E-state index is -0.492. The fourth-order valence-corrected chi connectivity index (χ4v) is 2.64. The number of methoxy groups -OCH3 is 1. The molecule has 0 saturated carbocycles. The van der Waals surface area contributed by atoms with Gasteiger partial charge in [-0.25, -0.2) is 4.79 Å². The number of nitrogens with one attached hydrogen (secondary N) is 3. The Hall–Kier alpha value is -2.54. The lowest BCUT2D eigenvalue weighted by Gasteiger charge is -2.11. The molecule has 1 heterocycles. The first kappa shape index (κ1) is 16.8. The molecule has 0 unspecified atom stereocenters. The molecule has 0 radical (unpaired) electrons. The van der Waals surface area contributed by atoms with E-state index in [2.05, 4.69) is 16.0 Å². The van der Waals surface area contributed by atoms with Crippen molar-refractivity contribution in [3.8, 4) is 5.75 Å². The largest absolute Gasteiger partial charge is 0.495 e. The number of thiophene rings is 1. The lowest BCUT2D eigenvalue weighted by Crippen LogP contribution is -2.42. The molecule has 122 valence electrons. The fourth-order valence-electron chi connectivity index (χ4n) is 1.94. The van der Waals surface area contributed by atoms with Gasteiger partial charge in [-0.05, 0) is 30.0 Å². The Balaban J connectivity index is 1.68. The van der Waals surface area contributed by atoms with E-state index in [4.69, 9.17) is 4.74 Å². The minimum Gasteiger partial charge on any atom is -0.495 e. The maximum Gasteiger partial charge on any atom is 0.321 e. The molecule has 7 heteroatoms. The quantitative estimate of drug-likeness (QED) is 0.726. The second-order valence-electron chi connectivity index (χ2n) is 4.69. The molecule has 23 heavy (non-hydrogen) atoms. The van der Waals surface area contributed by atoms with Gasteiger partial charge in [0.25, 0.3) is 0 Å². The van der Waals surface area contributed by atoms with E-state index in [1.807, 2.05) is 29.6 Å². The number of imide groups is 1. The van der Waals surface area contributed by atoms with Gasteiger partial charge in [-0.3, -0.25) is 10.1 Å². The van der Waals surface area contributed by atoms with E-state index in [-0.39, 0.29) is 6.54 Å². The number of hydrogen-bond acceptors (Lipinski definition) is 5. The van der Waals surface area contributed by atoms with Crippen LogP contribution < -0.4 is 20.7 Å². The van der Waals surface area contributed by atoms with Crippen LogP contribution in [-0.2, 0) is 11.2 Å². The zero-order valence-corrected chi connectivity index (χ0v) is 13.6. The number of carbonyl (C=O) groups is 2. The summed E-state index contributed by atoms with van der Waals surface area (Å²) in [6, 6.07) is 10.7. The van der Waals surface area contributed by atoms with E-state index >= 15 is 0 Å². The van der Waals surface area contributed by atoms with Crippen molar-refractivity contribution in [2.75, 3.05) is 25.5 Å². The van der Waals surface area contributed by atoms with Crippen molar-refractivity contribution in [2.45, 2.75) is 6.42 Å². The van der Waals surface area contributed by atoms with Crippen LogP contribution in [0, 0.1) is 0 Å². The van der Waals surface area contributed by atoms with Crippen molar-refractivity contribution < 1.29 is 14.3 Å². The summed E-state index contributed by atoms with van der Waals surface area (Å²) >= 11 is 1.64. The van der Waals surface area contributed by atoms with E-state index in [1.54, 1.807) is 30.6 Å². The topological polar surface area (TPSA) is 79.5 Å². The van der Waals surface area contributed by atoms with Crippen molar-refractivity contribution in [3.63, 3.8) is 0 Å². The molecule has 0 aliphatic heterocycles. The van der Waals surface area contributed by atoms with E-state index < -0.39 is 11.9 Å². The third-order valence-corrected chi connectivity index (χ3v) is 3.97. The Bertz CT molecular complexity index is 644. The Morgan fingerprint density at radius 3 is 2.74 bits per heavy atom. The van der Waals surface area contributed by atoms with Gasteiger partial charge in [-0.15, -0.1) is 11.3 Å². The minimum absolute atomic E-state index is 0.0152. The Morgan fingerprint density at radius 1 is 1.17 bits per heavy atom. The highest BCUT2D eigenvalue weighted by Gasteiger charge is 2.08. The molecule has 3 amide bonds. The number of para-hydroxylation sites is 2. The number of carbonyl (C=O) groups excluding carboxylic acids is 2. The number of urea groups is 1. The third-order valence-electron chi connectivity index (χ3n) is 3.04. The van der Waals surface area contributed by atoms with E-state index in [0.29, 0.717) is 18.0 Å². The van der Waals surface area contributed by atoms with Gasteiger partial charge in [0.15, 0.2) is 0 Å². The van der Waals surface area contributed by atoms with Crippen LogP contribution in [0.25, 0.3) is 0 Å². The van der Waals surface area contributed by atoms with Crippen LogP contribution in [0.3, 0.4) is 0 Å². The number of hydrogen-bond donors (Lipinski definition) is 3. The molecular formula is C16H19N3O3S. The molecule has 0 bridgehead atoms. The summed E-state index contributed by atoms with van der Waals surface area (Å²) in [4.78, 5) is 24.6. The second-order valence-corrected chi connectivity index (χ2v) is 5.72. The van der Waals surface area contributed by atoms with Gasteiger partial charge in [0, 0.05) is 11.4 Å². The van der Waals surface area contributed by atoms with Crippen molar-refractivity contribution >= 4 is 29.0 Å². The average molecular weight is 333 g/mol. The lowest BCUT2D eigenvalue weighted by atomic mass is 10.3. The van der Waals surface area contributed by atoms with Crippen LogP contribution in [0.15, 0.2) is 41.8 Å². The molecule has 2 rings (SSSR count). The first-order valence-electron chi connectivity index (χ1n) is 7.16. The molecule has 0 saturated heterocycles. The van der Waals surface area contributed by atoms with Crippen LogP contribution in [-0.4, -0.2) is 32.1 Å². The lowest BCUT2D eigenvalue weighted by molar-refractivity contribution is -0.118. The molecule has 0 aliphatic carbocycles. The molecule has 3 N–H and O–H groups in total. The summed E-state index contributed by atoms with van der Waals surface area (Å²) < 4.78 is 5.17. The number of ether oxygens (including phenoxy) is 1. The standard InChI is InChI=1S/C16H19N3O3S/c1-22-14-7-3-2-6-13(14)18-11-15(20)19-16(21)17-9-8-12-5-4-10-23-12/h2-7,10,18H,8-9,11H2,1H3,(H2,17,19,20,21). The van der Waals surface area contributed by atoms with Crippen molar-refractivity contribution in [1.29, 1.82) is 0 Å². The predicted molar refractivity (Wildman–Crippen MR) is 91.0 cm³/mol. The highest BCUT2D eigenvalue weighted by Crippen LogP contribution is 2.22. The molecule has 6 nitrogen and oxygen atoms in total. The second kappa shape index (κ2) is 8.79. The summed E-state index contributed by atoms with van der Waals surface area (Å²) in [6.45, 7) is 0.471. The summed E-state index contributed by atoms with van der Waals surface area (Å²) in [5.41, 5.74) is 0.697. The first-order chi connectivity index (χ1) is 11.2. The molecule has 1 aromatic heterocycles. The smallest absolute Gasteiger partial charge is 0.321 e. The van der Waals surface area contributed by atoms with E-state index in [1.165, 1.54) is 4.88 Å². The summed E-state index contributed by atoms with van der Waals surface area (Å²) in [7, 11) is 1.56. The van der Waals surface area contributed by atoms with E-state index in [9.17, 15) is 9.59 Å². The van der Waals surface area contributed by atoms with Crippen molar-refractivity contribution in [3.05, 3.63) is 46.7 Å². The number of benzene rings is 1. The van der Waals surface area contributed by atoms with Gasteiger partial charge in [-0.2, -0.15) is 0 Å². The fraction of sp³-hybridized carbons (Fsp3) is 0.250. The molecule has 0 atom stereocenters. The van der Waals surface area contributed by atoms with Crippen molar-refractivity contribution in [1.82, 2.24) is 10.6 Å². The monoisotopic (exact) mass is 333 g/mol. The zero-order chi connectivity index (χ0) is 16.5. The first-order valence-corrected chi connectivity index (χ1v) is 8.04. The van der Waals surface area contributed by atoms with E-state index in [0.717, 1.165) is 6.42 Å². The Morgan fingerprint density at radius 2 is 2.00 bits per heavy atom. The molecule has 2 aromatic rings. The summed E-state index contributed by atoms with van der Waals surface area (Å²) in [5, 5.41) is 9.86. The van der Waals surface area contributed by atoms with Gasteiger partial charge in [-0.1, -0.05) is 18.2 Å². The predicted octanol–water partition coefficient (Wildman–Crippen LogP) is 2.24. The van der Waals surface area contributed by atoms with Gasteiger partial charge >= 0.3 is 6.03 Å². The van der Waals surface area contributed by atoms with Crippen molar-refractivity contribution in [2.24, 2.45) is 0 Å². The molecule has 0 aliphatic rings. The number of rotatable bonds is 7. The molecular weight excluding hydrogens is 314 g/mol. The van der Waals surface area contributed by atoms with Gasteiger partial charge < -0.3 is 15.4 Å². The maximum absolute atomic E-state index is 11.7. The van der Waals surface area contributed by atoms with Crippen LogP contribution in [0.1, 0.15) is 4.88 Å². The average Bonchev–Trinajstić information content (AvgIpc) is 3.06. The van der Waals surface area contributed by atoms with Crippen LogP contribution in [0.5, 0.6) is 5.75 Å². The number of anilines is 1. The highest BCUT2D eigenvalue weighted by molar-refractivity contribution is 7.09. The SMILES string of the molecule is COc1ccccc1NCC(=O)NC(=O)NCCc1cccs1. The van der Waals surface area contributed by atoms with Crippen LogP contribution in [0.2, 0.25) is 0 Å². The zero-order valence-electron chi connectivity index (χ0n) is 12.8. The van der Waals surface area contributed by atoms with Crippen LogP contribution >= 0.6 is 11.3 Å². The Labute approximate surface area is 138 Å². The third kappa shape index (κ3) is 5.63. The normalized spacial score (nSPS) is 9.96. The molecule has 1 aromatic carbocycles. The highest BCUT2D eigenvalue weighted by atomic mass is 32.1. The van der Waals surface area contributed by atoms with Gasteiger partial charge in [0.05, 0.1) is 19.3 Å². The summed E-state index contributed by atoms with van der Waals surface area (Å²) in [5.74, 6) is 0.227. The van der Waals surface area contributed by atoms with Gasteiger partial charge in [0.2, 0.25) is 5.91 Å². The molecule has 0 fully saturated rings. The Kier molecular flexibility index (Phi) is 6.43. The molecule has 0 spiro atoms.